The smallest absolute Gasteiger partial charge is 0.407 e. The summed E-state index contributed by atoms with van der Waals surface area (Å²) in [4.78, 5) is 25.0. The number of hydrogen-bond donors (Lipinski definition) is 2. The van der Waals surface area contributed by atoms with Gasteiger partial charge in [-0.3, -0.25) is 4.79 Å². The van der Waals surface area contributed by atoms with Gasteiger partial charge in [-0.1, -0.05) is 0 Å². The number of amides is 2. The molecule has 92 valence electrons. The van der Waals surface area contributed by atoms with Crippen LogP contribution in [0.1, 0.15) is 10.5 Å². The van der Waals surface area contributed by atoms with Crippen molar-refractivity contribution in [2.45, 2.75) is 0 Å². The molecule has 9 heteroatoms. The Morgan fingerprint density at radius 2 is 1.88 bits per heavy atom. The number of nitrogens with zero attached hydrogens (tertiary/aromatic N) is 4. The van der Waals surface area contributed by atoms with E-state index in [1.54, 1.807) is 0 Å². The fraction of sp³-hybridized carbons (Fsp3) is 0.500. The number of piperazine rings is 1. The Morgan fingerprint density at radius 3 is 2.41 bits per heavy atom. The molecule has 1 aliphatic heterocycles. The monoisotopic (exact) mass is 257 g/mol. The summed E-state index contributed by atoms with van der Waals surface area (Å²) in [5.74, 6) is -0.165. The van der Waals surface area contributed by atoms with Crippen LogP contribution in [0.3, 0.4) is 0 Å². The summed E-state index contributed by atoms with van der Waals surface area (Å²) >= 11 is 0.923. The highest BCUT2D eigenvalue weighted by molar-refractivity contribution is 6.99. The molecule has 0 bridgehead atoms. The first kappa shape index (κ1) is 11.6. The van der Waals surface area contributed by atoms with Gasteiger partial charge in [0.05, 0.1) is 11.7 Å². The van der Waals surface area contributed by atoms with Gasteiger partial charge in [-0.05, 0) is 0 Å². The summed E-state index contributed by atoms with van der Waals surface area (Å²) in [6, 6.07) is 0. The molecule has 8 nitrogen and oxygen atoms in total. The van der Waals surface area contributed by atoms with Crippen molar-refractivity contribution in [3.05, 3.63) is 5.69 Å². The highest BCUT2D eigenvalue weighted by Gasteiger charge is 2.25. The van der Waals surface area contributed by atoms with Gasteiger partial charge in [0, 0.05) is 26.2 Å². The van der Waals surface area contributed by atoms with Crippen molar-refractivity contribution in [1.29, 1.82) is 0 Å². The number of aromatic nitrogens is 2. The molecule has 1 aromatic heterocycles. The zero-order valence-corrected chi connectivity index (χ0v) is 9.68. The summed E-state index contributed by atoms with van der Waals surface area (Å²) in [5.41, 5.74) is 5.33. The van der Waals surface area contributed by atoms with Crippen LogP contribution in [0.4, 0.5) is 10.6 Å². The molecule has 3 N–H and O–H groups in total. The molecule has 0 aliphatic carbocycles. The van der Waals surface area contributed by atoms with E-state index in [1.807, 2.05) is 4.90 Å². The Morgan fingerprint density at radius 1 is 1.24 bits per heavy atom. The number of carbonyl (C=O) groups is 2. The zero-order chi connectivity index (χ0) is 12.4. The Labute approximate surface area is 101 Å². The molecule has 1 aromatic rings. The maximum atomic E-state index is 11.1. The van der Waals surface area contributed by atoms with Crippen molar-refractivity contribution < 1.29 is 14.7 Å². The molecule has 0 aromatic carbocycles. The van der Waals surface area contributed by atoms with E-state index in [9.17, 15) is 9.59 Å². The van der Waals surface area contributed by atoms with Crippen LogP contribution >= 0.6 is 11.7 Å². The lowest BCUT2D eigenvalue weighted by Crippen LogP contribution is -2.48. The topological polar surface area (TPSA) is 113 Å². The van der Waals surface area contributed by atoms with Crippen LogP contribution in [0.15, 0.2) is 0 Å². The molecule has 17 heavy (non-hydrogen) atoms. The van der Waals surface area contributed by atoms with Crippen molar-refractivity contribution in [3.63, 3.8) is 0 Å². The fourth-order valence-electron chi connectivity index (χ4n) is 1.66. The van der Waals surface area contributed by atoms with Crippen LogP contribution in [-0.4, -0.2) is 56.9 Å². The molecular formula is C8H11N5O3S. The maximum Gasteiger partial charge on any atom is 0.407 e. The number of carboxylic acid groups (broad SMARTS) is 1. The van der Waals surface area contributed by atoms with Crippen LogP contribution in [0, 0.1) is 0 Å². The predicted octanol–water partition coefficient (Wildman–Crippen LogP) is -0.563. The molecule has 0 atom stereocenters. The van der Waals surface area contributed by atoms with Gasteiger partial charge in [0.1, 0.15) is 0 Å². The highest BCUT2D eigenvalue weighted by Crippen LogP contribution is 2.19. The van der Waals surface area contributed by atoms with E-state index in [4.69, 9.17) is 10.8 Å². The minimum atomic E-state index is -0.934. The zero-order valence-electron chi connectivity index (χ0n) is 8.87. The second kappa shape index (κ2) is 4.53. The van der Waals surface area contributed by atoms with E-state index in [-0.39, 0.29) is 5.69 Å². The van der Waals surface area contributed by atoms with Crippen molar-refractivity contribution in [1.82, 2.24) is 13.6 Å². The summed E-state index contributed by atoms with van der Waals surface area (Å²) in [5, 5.41) is 8.81. The third-order valence-electron chi connectivity index (χ3n) is 2.55. The van der Waals surface area contributed by atoms with Gasteiger partial charge < -0.3 is 20.6 Å². The van der Waals surface area contributed by atoms with Crippen LogP contribution < -0.4 is 10.6 Å². The molecular weight excluding hydrogens is 246 g/mol. The van der Waals surface area contributed by atoms with E-state index >= 15 is 0 Å². The van der Waals surface area contributed by atoms with Crippen molar-refractivity contribution in [2.24, 2.45) is 5.73 Å². The van der Waals surface area contributed by atoms with E-state index < -0.39 is 12.0 Å². The lowest BCUT2D eigenvalue weighted by molar-refractivity contribution is 0.0996. The molecule has 0 radical (unpaired) electrons. The van der Waals surface area contributed by atoms with Crippen molar-refractivity contribution >= 4 is 29.5 Å². The number of carbonyl (C=O) groups excluding carboxylic acids is 1. The molecule has 1 aliphatic rings. The highest BCUT2D eigenvalue weighted by atomic mass is 32.1. The summed E-state index contributed by atoms with van der Waals surface area (Å²) in [6.45, 7) is 1.73. The maximum absolute atomic E-state index is 11.1. The molecule has 2 amide bonds. The molecule has 1 saturated heterocycles. The molecule has 2 heterocycles. The number of primary amides is 1. The summed E-state index contributed by atoms with van der Waals surface area (Å²) < 4.78 is 7.85. The van der Waals surface area contributed by atoms with Gasteiger partial charge in [-0.25, -0.2) is 4.79 Å². The third kappa shape index (κ3) is 2.28. The summed E-state index contributed by atoms with van der Waals surface area (Å²) in [6.07, 6.45) is -0.934. The molecule has 2 rings (SSSR count). The second-order valence-electron chi connectivity index (χ2n) is 3.56. The number of hydrogen-bond acceptors (Lipinski definition) is 6. The first-order chi connectivity index (χ1) is 8.09. The van der Waals surface area contributed by atoms with E-state index in [1.165, 1.54) is 4.90 Å². The van der Waals surface area contributed by atoms with Gasteiger partial charge in [-0.15, -0.1) is 0 Å². The van der Waals surface area contributed by atoms with Gasteiger partial charge in [-0.2, -0.15) is 8.75 Å². The molecule has 0 saturated carbocycles. The van der Waals surface area contributed by atoms with Gasteiger partial charge in [0.2, 0.25) is 0 Å². The van der Waals surface area contributed by atoms with E-state index in [2.05, 4.69) is 8.75 Å². The number of nitrogens with two attached hydrogens (primary N) is 1. The normalized spacial score (nSPS) is 16.0. The standard InChI is InChI=1S/C8H11N5O3S/c9-6(14)5-7(11-17-10-5)12-1-3-13(4-2-12)8(15)16/h1-4H2,(H2,9,14)(H,15,16). The Balaban J connectivity index is 2.08. The van der Waals surface area contributed by atoms with Gasteiger partial charge in [0.15, 0.2) is 11.5 Å². The SMILES string of the molecule is NC(=O)c1nsnc1N1CCN(C(=O)O)CC1. The largest absolute Gasteiger partial charge is 0.465 e. The average molecular weight is 257 g/mol. The minimum Gasteiger partial charge on any atom is -0.465 e. The van der Waals surface area contributed by atoms with Gasteiger partial charge >= 0.3 is 6.09 Å². The Hall–Kier alpha value is -1.90. The lowest BCUT2D eigenvalue weighted by atomic mass is 10.3. The predicted molar refractivity (Wildman–Crippen MR) is 60.2 cm³/mol. The van der Waals surface area contributed by atoms with Crippen LogP contribution in [0.2, 0.25) is 0 Å². The third-order valence-corrected chi connectivity index (χ3v) is 3.07. The second-order valence-corrected chi connectivity index (χ2v) is 4.09. The molecule has 0 unspecified atom stereocenters. The number of rotatable bonds is 2. The minimum absolute atomic E-state index is 0.152. The van der Waals surface area contributed by atoms with Crippen molar-refractivity contribution in [2.75, 3.05) is 31.1 Å². The first-order valence-electron chi connectivity index (χ1n) is 4.95. The molecule has 1 fully saturated rings. The first-order valence-corrected chi connectivity index (χ1v) is 5.68. The van der Waals surface area contributed by atoms with E-state index in [0.717, 1.165) is 11.7 Å². The van der Waals surface area contributed by atoms with E-state index in [0.29, 0.717) is 32.0 Å². The molecule has 0 spiro atoms. The quantitative estimate of drug-likeness (QED) is 0.734. The van der Waals surface area contributed by atoms with Gasteiger partial charge in [0.25, 0.3) is 5.91 Å². The summed E-state index contributed by atoms with van der Waals surface area (Å²) in [7, 11) is 0. The van der Waals surface area contributed by atoms with Crippen LogP contribution in [0.5, 0.6) is 0 Å². The van der Waals surface area contributed by atoms with Crippen LogP contribution in [-0.2, 0) is 0 Å². The fourth-order valence-corrected chi connectivity index (χ4v) is 2.23. The van der Waals surface area contributed by atoms with Crippen LogP contribution in [0.25, 0.3) is 0 Å². The Kier molecular flexibility index (Phi) is 3.09. The average Bonchev–Trinajstić information content (AvgIpc) is 2.78. The number of anilines is 1. The Bertz CT molecular complexity index is 440. The lowest BCUT2D eigenvalue weighted by Gasteiger charge is -2.33. The van der Waals surface area contributed by atoms with Crippen molar-refractivity contribution in [3.8, 4) is 0 Å².